The minimum absolute atomic E-state index is 0.248. The van der Waals surface area contributed by atoms with Crippen molar-refractivity contribution in [1.82, 2.24) is 0 Å². The molecule has 2 nitrogen and oxygen atoms in total. The van der Waals surface area contributed by atoms with Crippen LogP contribution in [0.5, 0.6) is 0 Å². The first-order valence-corrected chi connectivity index (χ1v) is 6.06. The molecule has 0 rings (SSSR count). The summed E-state index contributed by atoms with van der Waals surface area (Å²) in [5, 5.41) is 0. The van der Waals surface area contributed by atoms with Crippen LogP contribution in [-0.4, -0.2) is 32.1 Å². The minimum Gasteiger partial charge on any atom is -0.330 e. The van der Waals surface area contributed by atoms with Crippen LogP contribution in [0.1, 0.15) is 12.8 Å². The van der Waals surface area contributed by atoms with Crippen LogP contribution in [0.15, 0.2) is 0 Å². The molecule has 0 aromatic rings. The number of rotatable bonds is 6. The van der Waals surface area contributed by atoms with E-state index < -0.39 is 0 Å². The van der Waals surface area contributed by atoms with E-state index in [1.165, 1.54) is 25.2 Å². The molecular weight excluding hydrogens is 143 g/mol. The molecule has 0 amide bonds. The highest BCUT2D eigenvalue weighted by molar-refractivity contribution is 7.56. The van der Waals surface area contributed by atoms with Crippen LogP contribution < -0.4 is 11.5 Å². The van der Waals surface area contributed by atoms with Crippen LogP contribution >= 0.6 is 7.92 Å². The smallest absolute Gasteiger partial charge is 0.00739 e. The molecule has 0 aliphatic carbocycles. The maximum atomic E-state index is 5.39. The van der Waals surface area contributed by atoms with Gasteiger partial charge in [0.25, 0.3) is 0 Å². The van der Waals surface area contributed by atoms with E-state index in [1.54, 1.807) is 0 Å². The van der Waals surface area contributed by atoms with E-state index in [2.05, 4.69) is 6.66 Å². The first-order chi connectivity index (χ1) is 4.81. The second-order valence-electron chi connectivity index (χ2n) is 2.59. The molecule has 0 saturated heterocycles. The maximum Gasteiger partial charge on any atom is -0.00739 e. The summed E-state index contributed by atoms with van der Waals surface area (Å²) in [7, 11) is 0.248. The molecule has 0 spiro atoms. The Hall–Kier alpha value is 0.350. The van der Waals surface area contributed by atoms with Crippen molar-refractivity contribution in [1.29, 1.82) is 0 Å². The van der Waals surface area contributed by atoms with E-state index in [4.69, 9.17) is 11.5 Å². The number of hydrogen-bond donors (Lipinski definition) is 2. The number of hydrogen-bond acceptors (Lipinski definition) is 2. The molecule has 0 saturated carbocycles. The topological polar surface area (TPSA) is 52.0 Å². The van der Waals surface area contributed by atoms with E-state index in [1.807, 2.05) is 0 Å². The van der Waals surface area contributed by atoms with Crippen molar-refractivity contribution in [2.45, 2.75) is 12.8 Å². The second kappa shape index (κ2) is 7.46. The van der Waals surface area contributed by atoms with Crippen molar-refractivity contribution in [2.75, 3.05) is 32.1 Å². The fourth-order valence-electron chi connectivity index (χ4n) is 0.834. The Labute approximate surface area is 65.1 Å². The molecule has 4 N–H and O–H groups in total. The minimum atomic E-state index is 0.248. The highest BCUT2D eigenvalue weighted by atomic mass is 31.1. The van der Waals surface area contributed by atoms with Gasteiger partial charge in [-0.05, 0) is 44.9 Å². The first kappa shape index (κ1) is 10.3. The van der Waals surface area contributed by atoms with Gasteiger partial charge in [0.1, 0.15) is 0 Å². The summed E-state index contributed by atoms with van der Waals surface area (Å²) in [6.45, 7) is 4.02. The third-order valence-corrected chi connectivity index (χ3v) is 3.65. The molecule has 0 bridgehead atoms. The van der Waals surface area contributed by atoms with Gasteiger partial charge in [-0.2, -0.15) is 0 Å². The molecule has 0 aliphatic rings. The third-order valence-electron chi connectivity index (χ3n) is 1.49. The molecular formula is C7H19N2P. The van der Waals surface area contributed by atoms with Crippen LogP contribution in [0.3, 0.4) is 0 Å². The van der Waals surface area contributed by atoms with Gasteiger partial charge in [-0.15, -0.1) is 7.92 Å². The van der Waals surface area contributed by atoms with Crippen LogP contribution in [0.4, 0.5) is 0 Å². The molecule has 62 valence electrons. The lowest BCUT2D eigenvalue weighted by atomic mass is 10.5. The fourth-order valence-corrected chi connectivity index (χ4v) is 2.50. The zero-order valence-electron chi connectivity index (χ0n) is 6.84. The fraction of sp³-hybridized carbons (Fsp3) is 1.00. The van der Waals surface area contributed by atoms with E-state index >= 15 is 0 Å². The van der Waals surface area contributed by atoms with Crippen molar-refractivity contribution in [3.05, 3.63) is 0 Å². The normalized spacial score (nSPS) is 10.8. The Morgan fingerprint density at radius 2 is 1.40 bits per heavy atom. The van der Waals surface area contributed by atoms with Gasteiger partial charge in [0.15, 0.2) is 0 Å². The second-order valence-corrected chi connectivity index (χ2v) is 5.19. The Morgan fingerprint density at radius 3 is 1.70 bits per heavy atom. The van der Waals surface area contributed by atoms with E-state index in [0.29, 0.717) is 0 Å². The van der Waals surface area contributed by atoms with Crippen molar-refractivity contribution < 1.29 is 0 Å². The largest absolute Gasteiger partial charge is 0.330 e. The van der Waals surface area contributed by atoms with Crippen molar-refractivity contribution >= 4 is 7.92 Å². The Kier molecular flexibility index (Phi) is 7.72. The third kappa shape index (κ3) is 6.47. The Balaban J connectivity index is 3.00. The lowest BCUT2D eigenvalue weighted by molar-refractivity contribution is 0.914. The average Bonchev–Trinajstić information content (AvgIpc) is 1.97. The predicted molar refractivity (Wildman–Crippen MR) is 49.9 cm³/mol. The maximum absolute atomic E-state index is 5.39. The zero-order valence-corrected chi connectivity index (χ0v) is 7.74. The van der Waals surface area contributed by atoms with E-state index in [9.17, 15) is 0 Å². The SMILES string of the molecule is CP(CCCN)CCCN. The van der Waals surface area contributed by atoms with Crippen molar-refractivity contribution in [3.8, 4) is 0 Å². The van der Waals surface area contributed by atoms with Crippen LogP contribution in [0.25, 0.3) is 0 Å². The highest BCUT2D eigenvalue weighted by Crippen LogP contribution is 2.31. The molecule has 0 heterocycles. The van der Waals surface area contributed by atoms with Crippen molar-refractivity contribution in [3.63, 3.8) is 0 Å². The molecule has 0 radical (unpaired) electrons. The van der Waals surface area contributed by atoms with E-state index in [-0.39, 0.29) is 7.92 Å². The number of nitrogens with two attached hydrogens (primary N) is 2. The van der Waals surface area contributed by atoms with Gasteiger partial charge in [-0.25, -0.2) is 0 Å². The summed E-state index contributed by atoms with van der Waals surface area (Å²) in [4.78, 5) is 0. The summed E-state index contributed by atoms with van der Waals surface area (Å²) >= 11 is 0. The predicted octanol–water partition coefficient (Wildman–Crippen LogP) is 0.796. The van der Waals surface area contributed by atoms with Crippen LogP contribution in [0.2, 0.25) is 0 Å². The summed E-state index contributed by atoms with van der Waals surface area (Å²) in [5.74, 6) is 0. The molecule has 0 aromatic carbocycles. The van der Waals surface area contributed by atoms with Gasteiger partial charge in [-0.1, -0.05) is 0 Å². The zero-order chi connectivity index (χ0) is 7.82. The lowest BCUT2D eigenvalue weighted by Crippen LogP contribution is -2.04. The summed E-state index contributed by atoms with van der Waals surface area (Å²) in [6, 6.07) is 0. The summed E-state index contributed by atoms with van der Waals surface area (Å²) in [5.41, 5.74) is 10.8. The van der Waals surface area contributed by atoms with Gasteiger partial charge < -0.3 is 11.5 Å². The summed E-state index contributed by atoms with van der Waals surface area (Å²) in [6.07, 6.45) is 5.03. The lowest BCUT2D eigenvalue weighted by Gasteiger charge is -2.09. The molecule has 0 aromatic heterocycles. The Bertz CT molecular complexity index is 60.6. The van der Waals surface area contributed by atoms with Gasteiger partial charge in [0.05, 0.1) is 0 Å². The van der Waals surface area contributed by atoms with E-state index in [0.717, 1.165) is 13.1 Å². The standard InChI is InChI=1S/C7H19N2P/c1-10(6-2-4-8)7-3-5-9/h2-9H2,1H3. The molecule has 3 heteroatoms. The first-order valence-electron chi connectivity index (χ1n) is 3.90. The monoisotopic (exact) mass is 162 g/mol. The van der Waals surface area contributed by atoms with Crippen molar-refractivity contribution in [2.24, 2.45) is 11.5 Å². The van der Waals surface area contributed by atoms with Crippen LogP contribution in [0, 0.1) is 0 Å². The molecule has 0 aliphatic heterocycles. The van der Waals surface area contributed by atoms with Gasteiger partial charge in [0, 0.05) is 0 Å². The molecule has 0 atom stereocenters. The molecule has 0 unspecified atom stereocenters. The average molecular weight is 162 g/mol. The summed E-state index contributed by atoms with van der Waals surface area (Å²) < 4.78 is 0. The molecule has 0 fully saturated rings. The highest BCUT2D eigenvalue weighted by Gasteiger charge is 1.97. The molecule has 10 heavy (non-hydrogen) atoms. The Morgan fingerprint density at radius 1 is 1.00 bits per heavy atom. The quantitative estimate of drug-likeness (QED) is 0.567. The van der Waals surface area contributed by atoms with Gasteiger partial charge in [0.2, 0.25) is 0 Å². The van der Waals surface area contributed by atoms with Gasteiger partial charge in [-0.3, -0.25) is 0 Å². The van der Waals surface area contributed by atoms with Gasteiger partial charge >= 0.3 is 0 Å². The van der Waals surface area contributed by atoms with Crippen LogP contribution in [-0.2, 0) is 0 Å².